The number of halogens is 1. The van der Waals surface area contributed by atoms with Crippen LogP contribution in [-0.4, -0.2) is 34.2 Å². The van der Waals surface area contributed by atoms with Gasteiger partial charge in [-0.3, -0.25) is 15.0 Å². The van der Waals surface area contributed by atoms with Crippen molar-refractivity contribution in [3.63, 3.8) is 0 Å². The van der Waals surface area contributed by atoms with Gasteiger partial charge < -0.3 is 4.74 Å². The lowest BCUT2D eigenvalue weighted by Gasteiger charge is -2.16. The Morgan fingerprint density at radius 1 is 1.18 bits per heavy atom. The van der Waals surface area contributed by atoms with Crippen LogP contribution in [0.15, 0.2) is 53.4 Å². The normalized spacial score (nSPS) is 15.1. The molecule has 0 aromatic heterocycles. The Labute approximate surface area is 175 Å². The molecule has 0 radical (unpaired) electrons. The smallest absolute Gasteiger partial charge is 0.337 e. The Morgan fingerprint density at radius 3 is 2.50 bits per heavy atom. The molecule has 1 aliphatic heterocycles. The van der Waals surface area contributed by atoms with E-state index in [0.717, 1.165) is 16.8 Å². The van der Waals surface area contributed by atoms with E-state index in [4.69, 9.17) is 23.8 Å². The van der Waals surface area contributed by atoms with Gasteiger partial charge in [0.2, 0.25) is 0 Å². The molecule has 1 saturated heterocycles. The van der Waals surface area contributed by atoms with Gasteiger partial charge >= 0.3 is 5.97 Å². The monoisotopic (exact) mass is 432 g/mol. The standard InChI is InChI=1S/C19H13ClN2O4S2/c1-26-18(25)12-8-6-11(7-9-12)10-15-17(24)22(19(27)28-15)21-16(23)13-4-2-3-5-14(13)20/h2-10H,1H3,(H,21,23)/b15-10-. The molecule has 1 fully saturated rings. The molecule has 0 spiro atoms. The maximum Gasteiger partial charge on any atom is 0.337 e. The summed E-state index contributed by atoms with van der Waals surface area (Å²) in [4.78, 5) is 36.8. The van der Waals surface area contributed by atoms with Gasteiger partial charge in [0, 0.05) is 0 Å². The van der Waals surface area contributed by atoms with Gasteiger partial charge in [-0.2, -0.15) is 5.01 Å². The van der Waals surface area contributed by atoms with Crippen molar-refractivity contribution >= 4 is 63.8 Å². The summed E-state index contributed by atoms with van der Waals surface area (Å²) in [7, 11) is 1.30. The number of esters is 1. The van der Waals surface area contributed by atoms with Crippen molar-refractivity contribution in [3.8, 4) is 0 Å². The third-order valence-electron chi connectivity index (χ3n) is 3.76. The number of thioether (sulfide) groups is 1. The number of hydrogen-bond donors (Lipinski definition) is 1. The molecule has 0 aliphatic carbocycles. The van der Waals surface area contributed by atoms with Crippen LogP contribution < -0.4 is 5.43 Å². The second kappa shape index (κ2) is 8.55. The van der Waals surface area contributed by atoms with Crippen LogP contribution in [0.5, 0.6) is 0 Å². The highest BCUT2D eigenvalue weighted by Crippen LogP contribution is 2.31. The first kappa shape index (κ1) is 20.1. The van der Waals surface area contributed by atoms with Crippen molar-refractivity contribution in [2.45, 2.75) is 0 Å². The lowest BCUT2D eigenvalue weighted by Crippen LogP contribution is -2.44. The van der Waals surface area contributed by atoms with Gasteiger partial charge in [-0.25, -0.2) is 4.79 Å². The van der Waals surface area contributed by atoms with E-state index >= 15 is 0 Å². The van der Waals surface area contributed by atoms with Crippen LogP contribution in [0.25, 0.3) is 6.08 Å². The lowest BCUT2D eigenvalue weighted by atomic mass is 10.1. The summed E-state index contributed by atoms with van der Waals surface area (Å²) < 4.78 is 4.85. The molecule has 9 heteroatoms. The van der Waals surface area contributed by atoms with Gasteiger partial charge in [0.15, 0.2) is 4.32 Å². The summed E-state index contributed by atoms with van der Waals surface area (Å²) in [5.74, 6) is -1.43. The number of hydrogen-bond acceptors (Lipinski definition) is 6. The Bertz CT molecular complexity index is 1010. The molecule has 142 valence electrons. The molecule has 0 unspecified atom stereocenters. The number of ether oxygens (including phenoxy) is 1. The summed E-state index contributed by atoms with van der Waals surface area (Å²) in [6, 6.07) is 13.1. The zero-order chi connectivity index (χ0) is 20.3. The number of carbonyl (C=O) groups excluding carboxylic acids is 3. The third kappa shape index (κ3) is 4.24. The van der Waals surface area contributed by atoms with Crippen LogP contribution in [0, 0.1) is 0 Å². The highest BCUT2D eigenvalue weighted by molar-refractivity contribution is 8.26. The number of nitrogens with one attached hydrogen (secondary N) is 1. The maximum absolute atomic E-state index is 12.6. The van der Waals surface area contributed by atoms with E-state index in [1.165, 1.54) is 7.11 Å². The first-order valence-corrected chi connectivity index (χ1v) is 9.53. The summed E-state index contributed by atoms with van der Waals surface area (Å²) in [6.45, 7) is 0. The number of methoxy groups -OCH3 is 1. The molecule has 2 aromatic carbocycles. The molecule has 2 amide bonds. The molecule has 1 N–H and O–H groups in total. The fourth-order valence-electron chi connectivity index (χ4n) is 2.36. The Kier molecular flexibility index (Phi) is 6.13. The molecular weight excluding hydrogens is 420 g/mol. The molecule has 0 atom stereocenters. The zero-order valence-corrected chi connectivity index (χ0v) is 16.9. The topological polar surface area (TPSA) is 75.7 Å². The number of thiocarbonyl (C=S) groups is 1. The van der Waals surface area contributed by atoms with Gasteiger partial charge in [-0.1, -0.05) is 47.6 Å². The van der Waals surface area contributed by atoms with Gasteiger partial charge in [0.1, 0.15) is 0 Å². The van der Waals surface area contributed by atoms with E-state index in [1.807, 2.05) is 0 Å². The number of rotatable bonds is 4. The van der Waals surface area contributed by atoms with E-state index in [0.29, 0.717) is 16.0 Å². The largest absolute Gasteiger partial charge is 0.465 e. The van der Waals surface area contributed by atoms with E-state index in [1.54, 1.807) is 54.6 Å². The van der Waals surface area contributed by atoms with Gasteiger partial charge in [0.05, 0.1) is 28.2 Å². The lowest BCUT2D eigenvalue weighted by molar-refractivity contribution is -0.123. The summed E-state index contributed by atoms with van der Waals surface area (Å²) in [5.41, 5.74) is 3.82. The molecule has 28 heavy (non-hydrogen) atoms. The van der Waals surface area contributed by atoms with Crippen LogP contribution in [-0.2, 0) is 9.53 Å². The highest BCUT2D eigenvalue weighted by Gasteiger charge is 2.34. The van der Waals surface area contributed by atoms with Crippen molar-refractivity contribution in [2.24, 2.45) is 0 Å². The minimum absolute atomic E-state index is 0.197. The average Bonchev–Trinajstić information content (AvgIpc) is 2.95. The number of amides is 2. The molecule has 0 bridgehead atoms. The van der Waals surface area contributed by atoms with Gasteiger partial charge in [-0.05, 0) is 48.1 Å². The second-order valence-electron chi connectivity index (χ2n) is 5.55. The summed E-state index contributed by atoms with van der Waals surface area (Å²) in [5, 5.41) is 1.28. The molecular formula is C19H13ClN2O4S2. The zero-order valence-electron chi connectivity index (χ0n) is 14.5. The van der Waals surface area contributed by atoms with Crippen molar-refractivity contribution in [1.29, 1.82) is 0 Å². The molecule has 1 aliphatic rings. The minimum Gasteiger partial charge on any atom is -0.465 e. The predicted octanol–water partition coefficient (Wildman–Crippen LogP) is 3.67. The van der Waals surface area contributed by atoms with Crippen molar-refractivity contribution in [2.75, 3.05) is 7.11 Å². The highest BCUT2D eigenvalue weighted by atomic mass is 35.5. The van der Waals surface area contributed by atoms with Crippen LogP contribution in [0.2, 0.25) is 5.02 Å². The molecule has 3 rings (SSSR count). The quantitative estimate of drug-likeness (QED) is 0.451. The third-order valence-corrected chi connectivity index (χ3v) is 5.39. The van der Waals surface area contributed by atoms with Crippen molar-refractivity contribution in [1.82, 2.24) is 10.4 Å². The van der Waals surface area contributed by atoms with Crippen molar-refractivity contribution < 1.29 is 19.1 Å². The molecule has 6 nitrogen and oxygen atoms in total. The predicted molar refractivity (Wildman–Crippen MR) is 112 cm³/mol. The number of hydrazine groups is 1. The fraction of sp³-hybridized carbons (Fsp3) is 0.0526. The van der Waals surface area contributed by atoms with E-state index in [-0.39, 0.29) is 14.9 Å². The van der Waals surface area contributed by atoms with Crippen LogP contribution in [0.1, 0.15) is 26.3 Å². The van der Waals surface area contributed by atoms with E-state index < -0.39 is 17.8 Å². The van der Waals surface area contributed by atoms with Crippen LogP contribution in [0.3, 0.4) is 0 Å². The first-order valence-electron chi connectivity index (χ1n) is 7.92. The SMILES string of the molecule is COC(=O)c1ccc(/C=C2\SC(=S)N(NC(=O)c3ccccc3Cl)C2=O)cc1. The van der Waals surface area contributed by atoms with E-state index in [9.17, 15) is 14.4 Å². The summed E-state index contributed by atoms with van der Waals surface area (Å²) >= 11 is 12.3. The van der Waals surface area contributed by atoms with Gasteiger partial charge in [0.25, 0.3) is 11.8 Å². The van der Waals surface area contributed by atoms with Crippen LogP contribution >= 0.6 is 35.6 Å². The maximum atomic E-state index is 12.6. The summed E-state index contributed by atoms with van der Waals surface area (Å²) in [6.07, 6.45) is 1.63. The number of carbonyl (C=O) groups is 3. The van der Waals surface area contributed by atoms with Gasteiger partial charge in [-0.15, -0.1) is 0 Å². The van der Waals surface area contributed by atoms with Crippen molar-refractivity contribution in [3.05, 3.63) is 75.1 Å². The Balaban J connectivity index is 1.76. The minimum atomic E-state index is -0.536. The van der Waals surface area contributed by atoms with Crippen LogP contribution in [0.4, 0.5) is 0 Å². The first-order chi connectivity index (χ1) is 13.4. The molecule has 2 aromatic rings. The Hall–Kier alpha value is -2.68. The van der Waals surface area contributed by atoms with E-state index in [2.05, 4.69) is 10.2 Å². The number of benzene rings is 2. The number of nitrogens with zero attached hydrogens (tertiary/aromatic N) is 1. The fourth-order valence-corrected chi connectivity index (χ4v) is 3.76. The second-order valence-corrected chi connectivity index (χ2v) is 7.63. The molecule has 1 heterocycles. The Morgan fingerprint density at radius 2 is 1.86 bits per heavy atom. The molecule has 0 saturated carbocycles. The average molecular weight is 433 g/mol.